The number of nitrogens with one attached hydrogen (secondary N) is 1. The van der Waals surface area contributed by atoms with Crippen LogP contribution in [0.4, 0.5) is 0 Å². The van der Waals surface area contributed by atoms with Gasteiger partial charge in [0.25, 0.3) is 0 Å². The second-order valence-corrected chi connectivity index (χ2v) is 6.48. The summed E-state index contributed by atoms with van der Waals surface area (Å²) in [4.78, 5) is 12.1. The summed E-state index contributed by atoms with van der Waals surface area (Å²) in [6.07, 6.45) is 10.5. The van der Waals surface area contributed by atoms with Gasteiger partial charge in [0.1, 0.15) is 0 Å². The monoisotopic (exact) mass is 268 g/mol. The molecule has 2 aliphatic carbocycles. The van der Waals surface area contributed by atoms with Gasteiger partial charge in [0, 0.05) is 12.0 Å². The molecule has 2 rings (SSSR count). The van der Waals surface area contributed by atoms with Gasteiger partial charge in [-0.05, 0) is 25.7 Å². The van der Waals surface area contributed by atoms with Gasteiger partial charge in [0.05, 0.1) is 12.1 Å². The van der Waals surface area contributed by atoms with Crippen molar-refractivity contribution in [2.24, 2.45) is 5.73 Å². The van der Waals surface area contributed by atoms with Crippen molar-refractivity contribution in [2.75, 3.05) is 0 Å². The summed E-state index contributed by atoms with van der Waals surface area (Å²) >= 11 is 0. The average Bonchev–Trinajstić information content (AvgIpc) is 2.55. The van der Waals surface area contributed by atoms with E-state index in [1.54, 1.807) is 0 Å². The van der Waals surface area contributed by atoms with Crippen molar-refractivity contribution in [1.29, 1.82) is 0 Å². The third kappa shape index (κ3) is 4.46. The van der Waals surface area contributed by atoms with E-state index >= 15 is 0 Å². The lowest BCUT2D eigenvalue weighted by molar-refractivity contribution is -0.124. The van der Waals surface area contributed by atoms with Crippen LogP contribution in [0.1, 0.15) is 70.6 Å². The number of carbonyl (C=O) groups excluding carboxylic acids is 1. The Bertz CT molecular complexity index is 301. The number of hydrogen-bond acceptors (Lipinski definition) is 3. The van der Waals surface area contributed by atoms with Crippen LogP contribution in [0, 0.1) is 0 Å². The summed E-state index contributed by atoms with van der Waals surface area (Å²) in [7, 11) is 0. The number of amides is 1. The Labute approximate surface area is 116 Å². The lowest BCUT2D eigenvalue weighted by atomic mass is 9.80. The van der Waals surface area contributed by atoms with Gasteiger partial charge in [-0.3, -0.25) is 4.79 Å². The summed E-state index contributed by atoms with van der Waals surface area (Å²) in [5.41, 5.74) is 6.00. The van der Waals surface area contributed by atoms with Crippen molar-refractivity contribution in [2.45, 2.75) is 88.3 Å². The minimum Gasteiger partial charge on any atom is -0.391 e. The summed E-state index contributed by atoms with van der Waals surface area (Å²) in [5.74, 6) is 0.0235. The first-order chi connectivity index (χ1) is 9.09. The maximum Gasteiger partial charge on any atom is 0.222 e. The van der Waals surface area contributed by atoms with Crippen LogP contribution in [0.5, 0.6) is 0 Å². The van der Waals surface area contributed by atoms with Crippen LogP contribution in [0.15, 0.2) is 0 Å². The maximum absolute atomic E-state index is 12.1. The molecule has 1 amide bonds. The van der Waals surface area contributed by atoms with E-state index in [4.69, 9.17) is 5.73 Å². The second kappa shape index (κ2) is 6.71. The molecule has 0 aromatic heterocycles. The van der Waals surface area contributed by atoms with E-state index in [0.29, 0.717) is 6.42 Å². The Morgan fingerprint density at radius 2 is 1.74 bits per heavy atom. The van der Waals surface area contributed by atoms with Gasteiger partial charge in [-0.25, -0.2) is 0 Å². The molecule has 0 aliphatic heterocycles. The highest BCUT2D eigenvalue weighted by molar-refractivity contribution is 5.77. The molecule has 2 unspecified atom stereocenters. The third-order valence-electron chi connectivity index (χ3n) is 4.69. The quantitative estimate of drug-likeness (QED) is 0.684. The molecule has 2 aliphatic rings. The fraction of sp³-hybridized carbons (Fsp3) is 0.933. The predicted molar refractivity (Wildman–Crippen MR) is 75.6 cm³/mol. The molecule has 4 N–H and O–H groups in total. The Kier molecular flexibility index (Phi) is 5.22. The molecule has 0 spiro atoms. The van der Waals surface area contributed by atoms with Crippen LogP contribution in [0.25, 0.3) is 0 Å². The van der Waals surface area contributed by atoms with Crippen molar-refractivity contribution >= 4 is 5.91 Å². The second-order valence-electron chi connectivity index (χ2n) is 6.48. The van der Waals surface area contributed by atoms with Crippen molar-refractivity contribution in [3.63, 3.8) is 0 Å². The SMILES string of the molecule is NC1(CC(=O)NC2CCCCCC2O)CCCCC1. The first-order valence-corrected chi connectivity index (χ1v) is 7.85. The van der Waals surface area contributed by atoms with E-state index < -0.39 is 0 Å². The van der Waals surface area contributed by atoms with E-state index in [1.165, 1.54) is 6.42 Å². The molecular weight excluding hydrogens is 240 g/mol. The Morgan fingerprint density at radius 1 is 1.11 bits per heavy atom. The van der Waals surface area contributed by atoms with E-state index in [2.05, 4.69) is 5.32 Å². The molecule has 2 saturated carbocycles. The molecule has 0 saturated heterocycles. The van der Waals surface area contributed by atoms with Gasteiger partial charge < -0.3 is 16.2 Å². The van der Waals surface area contributed by atoms with Crippen molar-refractivity contribution < 1.29 is 9.90 Å². The molecule has 0 bridgehead atoms. The molecule has 0 aromatic rings. The standard InChI is InChI=1S/C15H28N2O2/c16-15(9-5-2-6-10-15)11-14(19)17-12-7-3-1-4-8-13(12)18/h12-13,18H,1-11,16H2,(H,17,19). The lowest BCUT2D eigenvalue weighted by Crippen LogP contribution is -2.49. The molecular formula is C15H28N2O2. The summed E-state index contributed by atoms with van der Waals surface area (Å²) in [6.45, 7) is 0. The smallest absolute Gasteiger partial charge is 0.222 e. The summed E-state index contributed by atoms with van der Waals surface area (Å²) < 4.78 is 0. The van der Waals surface area contributed by atoms with Gasteiger partial charge in [-0.2, -0.15) is 0 Å². The van der Waals surface area contributed by atoms with Crippen molar-refractivity contribution in [3.8, 4) is 0 Å². The third-order valence-corrected chi connectivity index (χ3v) is 4.69. The number of rotatable bonds is 3. The summed E-state index contributed by atoms with van der Waals surface area (Å²) in [5, 5.41) is 13.0. The van der Waals surface area contributed by atoms with Gasteiger partial charge in [-0.1, -0.05) is 38.5 Å². The first kappa shape index (κ1) is 14.8. The number of carbonyl (C=O) groups is 1. The molecule has 110 valence electrons. The molecule has 19 heavy (non-hydrogen) atoms. The van der Waals surface area contributed by atoms with E-state index in [9.17, 15) is 9.90 Å². The van der Waals surface area contributed by atoms with Gasteiger partial charge in [-0.15, -0.1) is 0 Å². The molecule has 0 radical (unpaired) electrons. The van der Waals surface area contributed by atoms with Crippen molar-refractivity contribution in [1.82, 2.24) is 5.32 Å². The number of hydrogen-bond donors (Lipinski definition) is 3. The molecule has 0 heterocycles. The number of aliphatic hydroxyl groups is 1. The zero-order chi connectivity index (χ0) is 13.7. The Hall–Kier alpha value is -0.610. The first-order valence-electron chi connectivity index (χ1n) is 7.85. The van der Waals surface area contributed by atoms with Crippen LogP contribution in [0.2, 0.25) is 0 Å². The van der Waals surface area contributed by atoms with Crippen LogP contribution in [0.3, 0.4) is 0 Å². The number of aliphatic hydroxyl groups excluding tert-OH is 1. The zero-order valence-corrected chi connectivity index (χ0v) is 11.9. The van der Waals surface area contributed by atoms with Gasteiger partial charge in [0.2, 0.25) is 5.91 Å². The van der Waals surface area contributed by atoms with E-state index in [-0.39, 0.29) is 23.6 Å². The molecule has 2 atom stereocenters. The van der Waals surface area contributed by atoms with E-state index in [0.717, 1.165) is 57.8 Å². The average molecular weight is 268 g/mol. The molecule has 4 heteroatoms. The summed E-state index contributed by atoms with van der Waals surface area (Å²) in [6, 6.07) is -0.0674. The van der Waals surface area contributed by atoms with Crippen LogP contribution in [-0.4, -0.2) is 28.7 Å². The maximum atomic E-state index is 12.1. The highest BCUT2D eigenvalue weighted by Crippen LogP contribution is 2.28. The fourth-order valence-corrected chi connectivity index (χ4v) is 3.47. The Morgan fingerprint density at radius 3 is 2.47 bits per heavy atom. The molecule has 2 fully saturated rings. The topological polar surface area (TPSA) is 75.4 Å². The number of nitrogens with two attached hydrogens (primary N) is 1. The van der Waals surface area contributed by atoms with Crippen molar-refractivity contribution in [3.05, 3.63) is 0 Å². The van der Waals surface area contributed by atoms with Gasteiger partial charge in [0.15, 0.2) is 0 Å². The molecule has 4 nitrogen and oxygen atoms in total. The fourth-order valence-electron chi connectivity index (χ4n) is 3.47. The molecule has 0 aromatic carbocycles. The highest BCUT2D eigenvalue weighted by Gasteiger charge is 2.31. The van der Waals surface area contributed by atoms with Crippen LogP contribution >= 0.6 is 0 Å². The normalized spacial score (nSPS) is 31.5. The minimum atomic E-state index is -0.383. The van der Waals surface area contributed by atoms with E-state index in [1.807, 2.05) is 0 Å². The van der Waals surface area contributed by atoms with Crippen LogP contribution < -0.4 is 11.1 Å². The predicted octanol–water partition coefficient (Wildman–Crippen LogP) is 1.85. The Balaban J connectivity index is 1.82. The van der Waals surface area contributed by atoms with Gasteiger partial charge >= 0.3 is 0 Å². The van der Waals surface area contributed by atoms with Crippen LogP contribution in [-0.2, 0) is 4.79 Å². The minimum absolute atomic E-state index is 0.0235. The lowest BCUT2D eigenvalue weighted by Gasteiger charge is -2.33. The highest BCUT2D eigenvalue weighted by atomic mass is 16.3. The zero-order valence-electron chi connectivity index (χ0n) is 11.9. The largest absolute Gasteiger partial charge is 0.391 e.